The number of methoxy groups -OCH3 is 2. The van der Waals surface area contributed by atoms with Gasteiger partial charge in [-0.1, -0.05) is 13.8 Å². The van der Waals surface area contributed by atoms with Crippen LogP contribution in [0.2, 0.25) is 0 Å². The Bertz CT molecular complexity index is 268. The molecule has 1 fully saturated rings. The Kier molecular flexibility index (Phi) is 4.47. The van der Waals surface area contributed by atoms with Gasteiger partial charge in [-0.25, -0.2) is 0 Å². The van der Waals surface area contributed by atoms with Crippen molar-refractivity contribution in [3.63, 3.8) is 0 Å². The van der Waals surface area contributed by atoms with Gasteiger partial charge in [0.15, 0.2) is 5.78 Å². The summed E-state index contributed by atoms with van der Waals surface area (Å²) in [4.78, 5) is 23.7. The van der Waals surface area contributed by atoms with Crippen molar-refractivity contribution >= 4 is 11.8 Å². The Morgan fingerprint density at radius 2 is 1.75 bits per heavy atom. The maximum Gasteiger partial charge on any atom is 0.316 e. The van der Waals surface area contributed by atoms with E-state index in [4.69, 9.17) is 4.74 Å². The molecule has 4 nitrogen and oxygen atoms in total. The van der Waals surface area contributed by atoms with Crippen LogP contribution in [0.1, 0.15) is 26.7 Å². The number of carbonyl (C=O) groups excluding carboxylic acids is 2. The summed E-state index contributed by atoms with van der Waals surface area (Å²) in [6, 6.07) is 0. The maximum absolute atomic E-state index is 12.2. The quantitative estimate of drug-likeness (QED) is 0.509. The lowest BCUT2D eigenvalue weighted by Crippen LogP contribution is -2.39. The third kappa shape index (κ3) is 2.82. The summed E-state index contributed by atoms with van der Waals surface area (Å²) in [7, 11) is 2.83. The van der Waals surface area contributed by atoms with Crippen LogP contribution in [0.5, 0.6) is 0 Å². The number of Topliss-reactive ketones (excluding diaryl/α,β-unsaturated/α-hetero) is 1. The minimum Gasteiger partial charge on any atom is -0.468 e. The summed E-state index contributed by atoms with van der Waals surface area (Å²) < 4.78 is 9.88. The largest absolute Gasteiger partial charge is 0.468 e. The molecule has 0 aromatic carbocycles. The topological polar surface area (TPSA) is 52.6 Å². The van der Waals surface area contributed by atoms with Crippen LogP contribution >= 0.6 is 0 Å². The Labute approximate surface area is 96.3 Å². The summed E-state index contributed by atoms with van der Waals surface area (Å²) >= 11 is 0. The molecular weight excluding hydrogens is 208 g/mol. The predicted octanol–water partition coefficient (Wildman–Crippen LogP) is 1.43. The Hall–Kier alpha value is -0.900. The normalized spacial score (nSPS) is 19.3. The molecule has 16 heavy (non-hydrogen) atoms. The van der Waals surface area contributed by atoms with E-state index >= 15 is 0 Å². The summed E-state index contributed by atoms with van der Waals surface area (Å²) in [6.07, 6.45) is 1.58. The molecule has 0 amide bonds. The Morgan fingerprint density at radius 1 is 1.19 bits per heavy atom. The van der Waals surface area contributed by atoms with E-state index in [9.17, 15) is 9.59 Å². The summed E-state index contributed by atoms with van der Waals surface area (Å²) in [5, 5.41) is 0. The molecule has 0 spiro atoms. The van der Waals surface area contributed by atoms with Gasteiger partial charge in [0.05, 0.1) is 7.11 Å². The monoisotopic (exact) mass is 228 g/mol. The molecule has 0 heterocycles. The van der Waals surface area contributed by atoms with E-state index in [1.54, 1.807) is 0 Å². The number of hydrogen-bond donors (Lipinski definition) is 0. The van der Waals surface area contributed by atoms with Crippen LogP contribution in [0.25, 0.3) is 0 Å². The first-order valence-electron chi connectivity index (χ1n) is 5.67. The highest BCUT2D eigenvalue weighted by Crippen LogP contribution is 2.36. The van der Waals surface area contributed by atoms with Gasteiger partial charge in [0, 0.05) is 7.11 Å². The zero-order valence-corrected chi connectivity index (χ0v) is 10.4. The number of ketones is 1. The zero-order valence-electron chi connectivity index (χ0n) is 10.4. The number of carbonyl (C=O) groups is 2. The van der Waals surface area contributed by atoms with E-state index in [1.165, 1.54) is 14.2 Å². The fraction of sp³-hybridized carbons (Fsp3) is 0.833. The molecule has 4 heteroatoms. The van der Waals surface area contributed by atoms with E-state index in [-0.39, 0.29) is 11.7 Å². The summed E-state index contributed by atoms with van der Waals surface area (Å²) in [6.45, 7) is 3.69. The van der Waals surface area contributed by atoms with Gasteiger partial charge in [0.25, 0.3) is 0 Å². The van der Waals surface area contributed by atoms with Crippen molar-refractivity contribution in [3.8, 4) is 0 Å². The number of hydrogen-bond acceptors (Lipinski definition) is 4. The van der Waals surface area contributed by atoms with Crippen LogP contribution in [-0.4, -0.2) is 32.1 Å². The summed E-state index contributed by atoms with van der Waals surface area (Å²) in [5.41, 5.74) is 0. The molecule has 2 unspecified atom stereocenters. The zero-order chi connectivity index (χ0) is 12.3. The molecule has 2 atom stereocenters. The van der Waals surface area contributed by atoms with Crippen molar-refractivity contribution in [2.45, 2.75) is 32.8 Å². The summed E-state index contributed by atoms with van der Waals surface area (Å²) in [5.74, 6) is -1.05. The Balaban J connectivity index is 2.76. The minimum atomic E-state index is -0.699. The maximum atomic E-state index is 12.2. The first-order valence-corrected chi connectivity index (χ1v) is 5.67. The lowest BCUT2D eigenvalue weighted by molar-refractivity contribution is -0.155. The number of rotatable bonds is 6. The molecule has 1 rings (SSSR count). The van der Waals surface area contributed by atoms with E-state index in [0.29, 0.717) is 5.92 Å². The molecule has 92 valence electrons. The van der Waals surface area contributed by atoms with Gasteiger partial charge in [-0.15, -0.1) is 0 Å². The molecule has 1 saturated carbocycles. The molecule has 0 radical (unpaired) electrons. The smallest absolute Gasteiger partial charge is 0.316 e. The van der Waals surface area contributed by atoms with Crippen LogP contribution in [0.4, 0.5) is 0 Å². The first kappa shape index (κ1) is 13.2. The fourth-order valence-electron chi connectivity index (χ4n) is 1.96. The lowest BCUT2D eigenvalue weighted by Gasteiger charge is -2.22. The SMILES string of the molecule is COC(=O)C(C(=O)C(OC)C1CC1)C(C)C. The molecular formula is C12H20O4. The van der Waals surface area contributed by atoms with Gasteiger partial charge in [0.2, 0.25) is 0 Å². The second kappa shape index (κ2) is 5.43. The molecule has 1 aliphatic carbocycles. The van der Waals surface area contributed by atoms with Gasteiger partial charge in [-0.05, 0) is 24.7 Å². The molecule has 0 aromatic rings. The highest BCUT2D eigenvalue weighted by molar-refractivity contribution is 6.01. The second-order valence-corrected chi connectivity index (χ2v) is 4.64. The van der Waals surface area contributed by atoms with Crippen LogP contribution in [0, 0.1) is 17.8 Å². The second-order valence-electron chi connectivity index (χ2n) is 4.64. The first-order chi connectivity index (χ1) is 7.52. The average Bonchev–Trinajstić information content (AvgIpc) is 3.02. The Morgan fingerprint density at radius 3 is 2.06 bits per heavy atom. The molecule has 0 bridgehead atoms. The number of esters is 1. The van der Waals surface area contributed by atoms with Crippen molar-refractivity contribution in [1.82, 2.24) is 0 Å². The predicted molar refractivity (Wildman–Crippen MR) is 58.9 cm³/mol. The highest BCUT2D eigenvalue weighted by atomic mass is 16.5. The van der Waals surface area contributed by atoms with Gasteiger partial charge in [-0.2, -0.15) is 0 Å². The van der Waals surface area contributed by atoms with Crippen LogP contribution < -0.4 is 0 Å². The van der Waals surface area contributed by atoms with Crippen LogP contribution in [0.3, 0.4) is 0 Å². The highest BCUT2D eigenvalue weighted by Gasteiger charge is 2.42. The van der Waals surface area contributed by atoms with Crippen molar-refractivity contribution in [1.29, 1.82) is 0 Å². The molecule has 0 aliphatic heterocycles. The van der Waals surface area contributed by atoms with E-state index < -0.39 is 18.0 Å². The standard InChI is InChI=1S/C12H20O4/c1-7(2)9(12(14)16-4)10(13)11(15-3)8-5-6-8/h7-9,11H,5-6H2,1-4H3. The molecule has 0 saturated heterocycles. The molecule has 0 N–H and O–H groups in total. The van der Waals surface area contributed by atoms with Crippen LogP contribution in [-0.2, 0) is 19.1 Å². The van der Waals surface area contributed by atoms with E-state index in [2.05, 4.69) is 4.74 Å². The average molecular weight is 228 g/mol. The van der Waals surface area contributed by atoms with Crippen molar-refractivity contribution in [2.24, 2.45) is 17.8 Å². The van der Waals surface area contributed by atoms with Gasteiger partial charge >= 0.3 is 5.97 Å². The van der Waals surface area contributed by atoms with E-state index in [0.717, 1.165) is 12.8 Å². The third-order valence-electron chi connectivity index (χ3n) is 3.01. The van der Waals surface area contributed by atoms with Crippen LogP contribution in [0.15, 0.2) is 0 Å². The third-order valence-corrected chi connectivity index (χ3v) is 3.01. The van der Waals surface area contributed by atoms with Gasteiger partial charge in [-0.3, -0.25) is 9.59 Å². The molecule has 0 aromatic heterocycles. The van der Waals surface area contributed by atoms with Gasteiger partial charge < -0.3 is 9.47 Å². The van der Waals surface area contributed by atoms with Gasteiger partial charge in [0.1, 0.15) is 12.0 Å². The van der Waals surface area contributed by atoms with Crippen molar-refractivity contribution in [3.05, 3.63) is 0 Å². The van der Waals surface area contributed by atoms with Crippen molar-refractivity contribution < 1.29 is 19.1 Å². The molecule has 1 aliphatic rings. The van der Waals surface area contributed by atoms with E-state index in [1.807, 2.05) is 13.8 Å². The minimum absolute atomic E-state index is 0.0589. The van der Waals surface area contributed by atoms with Crippen molar-refractivity contribution in [2.75, 3.05) is 14.2 Å². The lowest BCUT2D eigenvalue weighted by atomic mass is 9.87. The number of ether oxygens (including phenoxy) is 2. The fourth-order valence-corrected chi connectivity index (χ4v) is 1.96.